The minimum Gasteiger partial charge on any atom is -0.480 e. The number of carbonyl (C=O) groups excluding carboxylic acids is 5. The third-order valence-corrected chi connectivity index (χ3v) is 9.15. The number of nitrogens with one attached hydrogen (secondary N) is 3. The van der Waals surface area contributed by atoms with Crippen molar-refractivity contribution < 1.29 is 95.5 Å². The van der Waals surface area contributed by atoms with Crippen molar-refractivity contribution in [2.24, 2.45) is 0 Å². The van der Waals surface area contributed by atoms with E-state index in [-0.39, 0.29) is 37.1 Å². The van der Waals surface area contributed by atoms with E-state index >= 15 is 0 Å². The van der Waals surface area contributed by atoms with Crippen LogP contribution in [0.25, 0.3) is 0 Å². The number of nitrogens with zero attached hydrogens (tertiary/aromatic N) is 1. The molecule has 2 aliphatic heterocycles. The van der Waals surface area contributed by atoms with Crippen LogP contribution < -0.4 is 16.0 Å². The molecule has 0 bridgehead atoms. The van der Waals surface area contributed by atoms with Gasteiger partial charge in [-0.15, -0.1) is 0 Å². The van der Waals surface area contributed by atoms with Crippen molar-refractivity contribution in [2.45, 2.75) is 18.9 Å². The lowest BCUT2D eigenvalue weighted by Crippen LogP contribution is -2.54. The Kier molecular flexibility index (Phi) is 32.1. The van der Waals surface area contributed by atoms with E-state index in [4.69, 9.17) is 61.9 Å². The lowest BCUT2D eigenvalue weighted by atomic mass is 10.0. The van der Waals surface area contributed by atoms with Gasteiger partial charge in [0.15, 0.2) is 0 Å². The van der Waals surface area contributed by atoms with Crippen LogP contribution >= 0.6 is 0 Å². The van der Waals surface area contributed by atoms with Gasteiger partial charge >= 0.3 is 5.97 Å². The van der Waals surface area contributed by atoms with Gasteiger partial charge in [0.25, 0.3) is 11.8 Å². The van der Waals surface area contributed by atoms with Gasteiger partial charge < -0.3 is 77.3 Å². The molecule has 1 fully saturated rings. The normalized spacial score (nSPS) is 14.7. The van der Waals surface area contributed by atoms with Crippen LogP contribution in [0.3, 0.4) is 0 Å². The van der Waals surface area contributed by atoms with E-state index in [9.17, 15) is 28.8 Å². The van der Waals surface area contributed by atoms with Gasteiger partial charge in [0, 0.05) is 25.2 Å². The smallest absolute Gasteiger partial charge is 0.329 e. The Morgan fingerprint density at radius 3 is 1.34 bits per heavy atom. The molecule has 0 aromatic heterocycles. The molecule has 2 heterocycles. The molecule has 1 aromatic rings. The van der Waals surface area contributed by atoms with Gasteiger partial charge in [-0.2, -0.15) is 0 Å². The second kappa shape index (κ2) is 37.7. The van der Waals surface area contributed by atoms with Crippen molar-refractivity contribution in [3.8, 4) is 0 Å². The van der Waals surface area contributed by atoms with Crippen molar-refractivity contribution in [1.29, 1.82) is 0 Å². The van der Waals surface area contributed by atoms with E-state index in [1.165, 1.54) is 0 Å². The zero-order chi connectivity index (χ0) is 48.0. The van der Waals surface area contributed by atoms with Gasteiger partial charge in [-0.05, 0) is 18.6 Å². The molecular weight excluding hydrogens is 892 g/mol. The van der Waals surface area contributed by atoms with E-state index in [0.29, 0.717) is 171 Å². The number of anilines is 1. The van der Waals surface area contributed by atoms with Crippen molar-refractivity contribution >= 4 is 41.2 Å². The van der Waals surface area contributed by atoms with Crippen LogP contribution in [0, 0.1) is 0 Å². The van der Waals surface area contributed by atoms with Gasteiger partial charge in [0.05, 0.1) is 170 Å². The molecule has 4 N–H and O–H groups in total. The maximum absolute atomic E-state index is 13.2. The number of carbonyl (C=O) groups is 6. The summed E-state index contributed by atoms with van der Waals surface area (Å²) in [5.41, 5.74) is 0.881. The SMILES string of the molecule is O=C(O)COCC(=O)NCCOCCOCCOCCOCCOCCOCCOCCOCCOCCOCCOCCOCCNc1cccc2c1C(=O)N(C1CCC(=O)NC1=O)C2=O. The summed E-state index contributed by atoms with van der Waals surface area (Å²) in [6.07, 6.45) is 0.153. The van der Waals surface area contributed by atoms with E-state index in [1.807, 2.05) is 0 Å². The number of amides is 5. The van der Waals surface area contributed by atoms with Gasteiger partial charge in [-0.1, -0.05) is 6.07 Å². The summed E-state index contributed by atoms with van der Waals surface area (Å²) in [5, 5.41) is 16.3. The number of benzene rings is 1. The molecular formula is C43H68N4O20. The van der Waals surface area contributed by atoms with Gasteiger partial charge in [-0.3, -0.25) is 34.2 Å². The van der Waals surface area contributed by atoms with Crippen LogP contribution in [-0.4, -0.2) is 236 Å². The van der Waals surface area contributed by atoms with Crippen LogP contribution in [0.15, 0.2) is 18.2 Å². The van der Waals surface area contributed by atoms with Crippen molar-refractivity contribution in [3.63, 3.8) is 0 Å². The van der Waals surface area contributed by atoms with E-state index < -0.39 is 48.2 Å². The molecule has 0 aliphatic carbocycles. The van der Waals surface area contributed by atoms with Gasteiger partial charge in [0.1, 0.15) is 19.3 Å². The molecule has 1 aromatic carbocycles. The number of imide groups is 2. The summed E-state index contributed by atoms with van der Waals surface area (Å²) in [5.74, 6) is -3.74. The maximum atomic E-state index is 13.2. The molecule has 67 heavy (non-hydrogen) atoms. The number of fused-ring (bicyclic) bond motifs is 1. The number of hydrogen-bond donors (Lipinski definition) is 4. The second-order valence-corrected chi connectivity index (χ2v) is 14.2. The third-order valence-electron chi connectivity index (χ3n) is 9.15. The molecule has 0 saturated carbocycles. The van der Waals surface area contributed by atoms with Crippen LogP contribution in [-0.2, 0) is 80.8 Å². The van der Waals surface area contributed by atoms with Crippen LogP contribution in [0.4, 0.5) is 5.69 Å². The quantitative estimate of drug-likeness (QED) is 0.0447. The molecule has 5 amide bonds. The first-order valence-electron chi connectivity index (χ1n) is 22.4. The molecule has 2 aliphatic rings. The summed E-state index contributed by atoms with van der Waals surface area (Å²) < 4.78 is 70.4. The highest BCUT2D eigenvalue weighted by atomic mass is 16.6. The predicted octanol–water partition coefficient (Wildman–Crippen LogP) is -1.08. The minimum atomic E-state index is -1.13. The second-order valence-electron chi connectivity index (χ2n) is 14.2. The van der Waals surface area contributed by atoms with E-state index in [2.05, 4.69) is 20.7 Å². The van der Waals surface area contributed by atoms with E-state index in [1.54, 1.807) is 18.2 Å². The molecule has 380 valence electrons. The Bertz CT molecular complexity index is 1570. The first-order chi connectivity index (χ1) is 32.8. The largest absolute Gasteiger partial charge is 0.480 e. The lowest BCUT2D eigenvalue weighted by Gasteiger charge is -2.27. The highest BCUT2D eigenvalue weighted by molar-refractivity contribution is 6.25. The molecule has 1 atom stereocenters. The summed E-state index contributed by atoms with van der Waals surface area (Å²) in [4.78, 5) is 72.6. The maximum Gasteiger partial charge on any atom is 0.329 e. The van der Waals surface area contributed by atoms with Crippen LogP contribution in [0.5, 0.6) is 0 Å². The fraction of sp³-hybridized carbons (Fsp3) is 0.721. The summed E-state index contributed by atoms with van der Waals surface area (Å²) in [6, 6.07) is 3.88. The Labute approximate surface area is 390 Å². The minimum absolute atomic E-state index is 0.0578. The lowest BCUT2D eigenvalue weighted by molar-refractivity contribution is -0.143. The van der Waals surface area contributed by atoms with Crippen LogP contribution in [0.1, 0.15) is 33.6 Å². The Hall–Kier alpha value is -4.28. The molecule has 1 unspecified atom stereocenters. The first kappa shape index (κ1) is 57.0. The van der Waals surface area contributed by atoms with Crippen molar-refractivity contribution in [2.75, 3.05) is 190 Å². The fourth-order valence-electron chi connectivity index (χ4n) is 5.99. The average molecular weight is 961 g/mol. The molecule has 24 heteroatoms. The predicted molar refractivity (Wildman–Crippen MR) is 233 cm³/mol. The number of piperidine rings is 1. The summed E-state index contributed by atoms with van der Waals surface area (Å²) >= 11 is 0. The molecule has 24 nitrogen and oxygen atoms in total. The topological polar surface area (TPSA) is 282 Å². The van der Waals surface area contributed by atoms with Crippen molar-refractivity contribution in [3.05, 3.63) is 29.3 Å². The average Bonchev–Trinajstić information content (AvgIpc) is 3.56. The molecule has 0 spiro atoms. The van der Waals surface area contributed by atoms with Gasteiger partial charge in [-0.25, -0.2) is 4.79 Å². The Morgan fingerprint density at radius 2 is 0.940 bits per heavy atom. The standard InChI is InChI=1S/C43H68N4O20/c48-37-5-4-36(41(52)46-37)47-42(53)34-2-1-3-35(40(34)43(47)54)44-6-8-55-10-12-57-14-16-59-18-20-61-22-24-63-26-28-65-30-31-66-29-27-64-25-23-62-21-19-60-17-15-58-13-11-56-9-7-45-38(49)32-67-33-39(50)51/h1-3,36,44H,4-33H2,(H,45,49)(H,50,51)(H,46,48,52). The van der Waals surface area contributed by atoms with E-state index in [0.717, 1.165) is 4.90 Å². The Balaban J connectivity index is 0.947. The molecule has 1 saturated heterocycles. The third kappa shape index (κ3) is 26.2. The number of carboxylic acids is 1. The number of ether oxygens (including phenoxy) is 13. The highest BCUT2D eigenvalue weighted by Gasteiger charge is 2.45. The number of hydrogen-bond acceptors (Lipinski definition) is 20. The van der Waals surface area contributed by atoms with Crippen molar-refractivity contribution in [1.82, 2.24) is 15.5 Å². The summed E-state index contributed by atoms with van der Waals surface area (Å²) in [6.45, 7) is 9.83. The zero-order valence-electron chi connectivity index (χ0n) is 38.2. The van der Waals surface area contributed by atoms with Gasteiger partial charge in [0.2, 0.25) is 17.7 Å². The molecule has 0 radical (unpaired) electrons. The molecule has 3 rings (SSSR count). The number of rotatable bonds is 45. The fourth-order valence-corrected chi connectivity index (χ4v) is 5.99. The monoisotopic (exact) mass is 960 g/mol. The van der Waals surface area contributed by atoms with Crippen LogP contribution in [0.2, 0.25) is 0 Å². The Morgan fingerprint density at radius 1 is 0.537 bits per heavy atom. The first-order valence-corrected chi connectivity index (χ1v) is 22.4. The number of aliphatic carboxylic acids is 1. The highest BCUT2D eigenvalue weighted by Crippen LogP contribution is 2.32. The summed E-state index contributed by atoms with van der Waals surface area (Å²) in [7, 11) is 0. The number of carboxylic acid groups (broad SMARTS) is 1. The zero-order valence-corrected chi connectivity index (χ0v) is 38.2.